The Kier molecular flexibility index (Phi) is 6.73. The monoisotopic (exact) mass is 278 g/mol. The maximum atomic E-state index is 12.1. The number of ether oxygens (including phenoxy) is 1. The van der Waals surface area contributed by atoms with Gasteiger partial charge in [0.15, 0.2) is 0 Å². The Hall–Kier alpha value is -1.88. The zero-order chi connectivity index (χ0) is 15.0. The second kappa shape index (κ2) is 8.32. The summed E-state index contributed by atoms with van der Waals surface area (Å²) in [6, 6.07) is 9.29. The number of nitrogens with zero attached hydrogens (tertiary/aromatic N) is 1. The number of hydrogen-bond donors (Lipinski definition) is 1. The van der Waals surface area contributed by atoms with Gasteiger partial charge in [0.2, 0.25) is 5.91 Å². The first-order valence-corrected chi connectivity index (χ1v) is 6.75. The third-order valence-electron chi connectivity index (χ3n) is 2.69. The van der Waals surface area contributed by atoms with Gasteiger partial charge in [-0.2, -0.15) is 0 Å². The molecule has 0 spiro atoms. The van der Waals surface area contributed by atoms with Gasteiger partial charge in [-0.3, -0.25) is 9.59 Å². The molecule has 0 saturated carbocycles. The SMILES string of the molecule is CCOC(=O)CN(Cc1ccccc1)C(=O)CC(C)N. The molecule has 0 aliphatic carbocycles. The average molecular weight is 278 g/mol. The third kappa shape index (κ3) is 5.84. The lowest BCUT2D eigenvalue weighted by Gasteiger charge is -2.22. The summed E-state index contributed by atoms with van der Waals surface area (Å²) in [6.45, 7) is 4.14. The van der Waals surface area contributed by atoms with Crippen LogP contribution in [0.25, 0.3) is 0 Å². The highest BCUT2D eigenvalue weighted by Gasteiger charge is 2.19. The fourth-order valence-corrected chi connectivity index (χ4v) is 1.80. The van der Waals surface area contributed by atoms with Crippen LogP contribution >= 0.6 is 0 Å². The van der Waals surface area contributed by atoms with Gasteiger partial charge in [0.25, 0.3) is 0 Å². The van der Waals surface area contributed by atoms with Gasteiger partial charge in [-0.05, 0) is 19.4 Å². The number of rotatable bonds is 7. The molecule has 1 aromatic carbocycles. The predicted molar refractivity (Wildman–Crippen MR) is 76.8 cm³/mol. The summed E-state index contributed by atoms with van der Waals surface area (Å²) >= 11 is 0. The Morgan fingerprint density at radius 1 is 1.30 bits per heavy atom. The van der Waals surface area contributed by atoms with E-state index in [1.54, 1.807) is 13.8 Å². The summed E-state index contributed by atoms with van der Waals surface area (Å²) in [5.41, 5.74) is 6.62. The van der Waals surface area contributed by atoms with Crippen molar-refractivity contribution in [3.63, 3.8) is 0 Å². The summed E-state index contributed by atoms with van der Waals surface area (Å²) in [7, 11) is 0. The van der Waals surface area contributed by atoms with Crippen molar-refractivity contribution >= 4 is 11.9 Å². The number of nitrogens with two attached hydrogens (primary N) is 1. The summed E-state index contributed by atoms with van der Waals surface area (Å²) in [5.74, 6) is -0.543. The molecule has 5 heteroatoms. The van der Waals surface area contributed by atoms with Crippen molar-refractivity contribution in [1.82, 2.24) is 4.90 Å². The minimum Gasteiger partial charge on any atom is -0.465 e. The normalized spacial score (nSPS) is 11.8. The van der Waals surface area contributed by atoms with E-state index in [0.717, 1.165) is 5.56 Å². The first-order valence-electron chi connectivity index (χ1n) is 6.75. The molecule has 1 unspecified atom stereocenters. The zero-order valence-corrected chi connectivity index (χ0v) is 12.0. The van der Waals surface area contributed by atoms with E-state index >= 15 is 0 Å². The van der Waals surface area contributed by atoms with Crippen molar-refractivity contribution in [2.24, 2.45) is 5.73 Å². The van der Waals surface area contributed by atoms with E-state index < -0.39 is 5.97 Å². The van der Waals surface area contributed by atoms with Gasteiger partial charge >= 0.3 is 5.97 Å². The number of benzene rings is 1. The van der Waals surface area contributed by atoms with Gasteiger partial charge < -0.3 is 15.4 Å². The van der Waals surface area contributed by atoms with Crippen LogP contribution in [0.2, 0.25) is 0 Å². The molecule has 0 aliphatic heterocycles. The van der Waals surface area contributed by atoms with Crippen LogP contribution < -0.4 is 5.73 Å². The fourth-order valence-electron chi connectivity index (χ4n) is 1.80. The van der Waals surface area contributed by atoms with Crippen LogP contribution in [0.4, 0.5) is 0 Å². The Labute approximate surface area is 119 Å². The quantitative estimate of drug-likeness (QED) is 0.763. The maximum absolute atomic E-state index is 12.1. The molecular weight excluding hydrogens is 256 g/mol. The van der Waals surface area contributed by atoms with E-state index in [2.05, 4.69) is 0 Å². The first-order chi connectivity index (χ1) is 9.52. The van der Waals surface area contributed by atoms with Crippen molar-refractivity contribution in [2.75, 3.05) is 13.2 Å². The van der Waals surface area contributed by atoms with Crippen molar-refractivity contribution < 1.29 is 14.3 Å². The van der Waals surface area contributed by atoms with Crippen molar-refractivity contribution in [1.29, 1.82) is 0 Å². The lowest BCUT2D eigenvalue weighted by Crippen LogP contribution is -2.38. The predicted octanol–water partition coefficient (Wildman–Crippen LogP) is 1.32. The van der Waals surface area contributed by atoms with Crippen LogP contribution in [0, 0.1) is 0 Å². The van der Waals surface area contributed by atoms with Crippen molar-refractivity contribution in [3.05, 3.63) is 35.9 Å². The van der Waals surface area contributed by atoms with Crippen LogP contribution in [0.5, 0.6) is 0 Å². The summed E-state index contributed by atoms with van der Waals surface area (Å²) < 4.78 is 4.90. The number of amides is 1. The lowest BCUT2D eigenvalue weighted by atomic mass is 10.2. The van der Waals surface area contributed by atoms with E-state index in [1.807, 2.05) is 30.3 Å². The van der Waals surface area contributed by atoms with Gasteiger partial charge in [-0.15, -0.1) is 0 Å². The second-order valence-electron chi connectivity index (χ2n) is 4.72. The highest BCUT2D eigenvalue weighted by molar-refractivity contribution is 5.82. The fraction of sp³-hybridized carbons (Fsp3) is 0.467. The molecule has 0 aliphatic rings. The van der Waals surface area contributed by atoms with E-state index in [1.165, 1.54) is 4.90 Å². The highest BCUT2D eigenvalue weighted by atomic mass is 16.5. The molecule has 0 radical (unpaired) electrons. The molecule has 0 aromatic heterocycles. The second-order valence-corrected chi connectivity index (χ2v) is 4.72. The highest BCUT2D eigenvalue weighted by Crippen LogP contribution is 2.07. The Bertz CT molecular complexity index is 432. The Morgan fingerprint density at radius 2 is 1.95 bits per heavy atom. The Balaban J connectivity index is 2.73. The molecule has 2 N–H and O–H groups in total. The minimum atomic E-state index is -0.401. The van der Waals surface area contributed by atoms with Crippen LogP contribution in [-0.4, -0.2) is 36.0 Å². The molecule has 110 valence electrons. The molecule has 0 heterocycles. The summed E-state index contributed by atoms with van der Waals surface area (Å²) in [5, 5.41) is 0. The first kappa shape index (κ1) is 16.2. The van der Waals surface area contributed by atoms with Crippen LogP contribution in [-0.2, 0) is 20.9 Å². The molecule has 0 saturated heterocycles. The van der Waals surface area contributed by atoms with Gasteiger partial charge in [0.05, 0.1) is 6.61 Å². The summed E-state index contributed by atoms with van der Waals surface area (Å²) in [6.07, 6.45) is 0.215. The zero-order valence-electron chi connectivity index (χ0n) is 12.0. The van der Waals surface area contributed by atoms with Crippen LogP contribution in [0.3, 0.4) is 0 Å². The van der Waals surface area contributed by atoms with Gasteiger partial charge in [-0.25, -0.2) is 0 Å². The van der Waals surface area contributed by atoms with Gasteiger partial charge in [-0.1, -0.05) is 30.3 Å². The number of carbonyl (C=O) groups excluding carboxylic acids is 2. The largest absolute Gasteiger partial charge is 0.465 e. The minimum absolute atomic E-state index is 0.0473. The number of carbonyl (C=O) groups is 2. The number of hydrogen-bond acceptors (Lipinski definition) is 4. The van der Waals surface area contributed by atoms with E-state index in [0.29, 0.717) is 13.2 Å². The molecule has 0 fully saturated rings. The molecule has 1 atom stereocenters. The van der Waals surface area contributed by atoms with E-state index in [9.17, 15) is 9.59 Å². The molecule has 5 nitrogen and oxygen atoms in total. The molecule has 0 bridgehead atoms. The summed E-state index contributed by atoms with van der Waals surface area (Å²) in [4.78, 5) is 25.2. The topological polar surface area (TPSA) is 72.6 Å². The van der Waals surface area contributed by atoms with E-state index in [-0.39, 0.29) is 24.9 Å². The van der Waals surface area contributed by atoms with Crippen molar-refractivity contribution in [2.45, 2.75) is 32.9 Å². The Morgan fingerprint density at radius 3 is 2.50 bits per heavy atom. The molecule has 20 heavy (non-hydrogen) atoms. The standard InChI is InChI=1S/C15H22N2O3/c1-3-20-15(19)11-17(14(18)9-12(2)16)10-13-7-5-4-6-8-13/h4-8,12H,3,9-11,16H2,1-2H3. The smallest absolute Gasteiger partial charge is 0.325 e. The molecule has 1 aromatic rings. The number of esters is 1. The van der Waals surface area contributed by atoms with Crippen LogP contribution in [0.1, 0.15) is 25.8 Å². The molecule has 1 rings (SSSR count). The lowest BCUT2D eigenvalue weighted by molar-refractivity contribution is -0.149. The molecular formula is C15H22N2O3. The van der Waals surface area contributed by atoms with Gasteiger partial charge in [0, 0.05) is 19.0 Å². The van der Waals surface area contributed by atoms with E-state index in [4.69, 9.17) is 10.5 Å². The van der Waals surface area contributed by atoms with Gasteiger partial charge in [0.1, 0.15) is 6.54 Å². The maximum Gasteiger partial charge on any atom is 0.325 e. The van der Waals surface area contributed by atoms with Crippen molar-refractivity contribution in [3.8, 4) is 0 Å². The van der Waals surface area contributed by atoms with Crippen LogP contribution in [0.15, 0.2) is 30.3 Å². The average Bonchev–Trinajstić information content (AvgIpc) is 2.38. The molecule has 1 amide bonds. The third-order valence-corrected chi connectivity index (χ3v) is 2.69.